The number of nitrogens with one attached hydrogen (secondary N) is 2. The summed E-state index contributed by atoms with van der Waals surface area (Å²) in [5.41, 5.74) is 3.47. The number of halogens is 2. The summed E-state index contributed by atoms with van der Waals surface area (Å²) in [6.45, 7) is 4.86. The Morgan fingerprint density at radius 2 is 2.00 bits per heavy atom. The van der Waals surface area contributed by atoms with Crippen molar-refractivity contribution in [1.82, 2.24) is 35.4 Å². The lowest BCUT2D eigenvalue weighted by atomic mass is 9.91. The van der Waals surface area contributed by atoms with Crippen molar-refractivity contribution in [1.29, 1.82) is 0 Å². The molecule has 10 nitrogen and oxygen atoms in total. The number of H-pyrrole nitrogens is 1. The molecule has 240 valence electrons. The summed E-state index contributed by atoms with van der Waals surface area (Å²) >= 11 is 0. The summed E-state index contributed by atoms with van der Waals surface area (Å²) in [5, 5.41) is 11.9. The standard InChI is InChI=1S/C34H38F2N8O2/c1-18-9-25-23(13-38-42-25)28-21(18)5-2-3-6-27(45)39-26-16-43(14-19-10-22(19)26)32-24-12-37-31(28)29(36)30(24)40-33(41-32)46-17-34-7-4-8-44(34)15-20(35)11-34/h9,12-13,19-20,22,26H,2-8,10-11,14-17H2,1H3,(H,38,42)(H,39,45)/t19-,20+,22-,26+,34-/m0/s1. The van der Waals surface area contributed by atoms with Crippen LogP contribution in [-0.2, 0) is 11.2 Å². The predicted molar refractivity (Wildman–Crippen MR) is 169 cm³/mol. The Bertz CT molecular complexity index is 1880. The molecule has 1 aliphatic carbocycles. The van der Waals surface area contributed by atoms with Crippen LogP contribution in [0.2, 0.25) is 0 Å². The van der Waals surface area contributed by atoms with Crippen LogP contribution in [-0.4, -0.2) is 86.5 Å². The molecule has 4 aromatic rings. The van der Waals surface area contributed by atoms with Gasteiger partial charge in [0.05, 0.1) is 22.6 Å². The summed E-state index contributed by atoms with van der Waals surface area (Å²) in [7, 11) is 0. The van der Waals surface area contributed by atoms with Crippen LogP contribution in [0.3, 0.4) is 0 Å². The molecule has 3 aromatic heterocycles. The van der Waals surface area contributed by atoms with Gasteiger partial charge in [0.25, 0.3) is 0 Å². The van der Waals surface area contributed by atoms with E-state index in [1.165, 1.54) is 0 Å². The van der Waals surface area contributed by atoms with Crippen LogP contribution in [0, 0.1) is 24.6 Å². The zero-order chi connectivity index (χ0) is 31.2. The van der Waals surface area contributed by atoms with Crippen LogP contribution in [0.1, 0.15) is 56.1 Å². The van der Waals surface area contributed by atoms with Crippen LogP contribution >= 0.6 is 0 Å². The van der Waals surface area contributed by atoms with E-state index in [0.29, 0.717) is 61.0 Å². The highest BCUT2D eigenvalue weighted by Gasteiger charge is 2.50. The number of rotatable bonds is 3. The molecule has 1 amide bonds. The van der Waals surface area contributed by atoms with Gasteiger partial charge < -0.3 is 15.0 Å². The Kier molecular flexibility index (Phi) is 6.49. The molecule has 12 heteroatoms. The van der Waals surface area contributed by atoms with Gasteiger partial charge in [0.15, 0.2) is 5.82 Å². The second-order valence-electron chi connectivity index (χ2n) is 14.2. The quantitative estimate of drug-likeness (QED) is 0.338. The number of aromatic amines is 1. The number of aryl methyl sites for hydroxylation is 1. The molecule has 46 heavy (non-hydrogen) atoms. The third kappa shape index (κ3) is 4.54. The molecule has 0 radical (unpaired) electrons. The number of fused-ring (bicyclic) bond motifs is 9. The fourth-order valence-electron chi connectivity index (χ4n) is 8.91. The van der Waals surface area contributed by atoms with Gasteiger partial charge >= 0.3 is 6.01 Å². The molecule has 0 spiro atoms. The average Bonchev–Trinajstić information content (AvgIpc) is 3.33. The maximum atomic E-state index is 17.1. The fourth-order valence-corrected chi connectivity index (χ4v) is 8.91. The van der Waals surface area contributed by atoms with E-state index in [4.69, 9.17) is 19.7 Å². The van der Waals surface area contributed by atoms with E-state index in [1.54, 1.807) is 12.4 Å². The van der Waals surface area contributed by atoms with Crippen LogP contribution in [0.4, 0.5) is 14.6 Å². The van der Waals surface area contributed by atoms with Gasteiger partial charge in [-0.05, 0) is 81.0 Å². The number of aromatic nitrogens is 5. The number of alkyl halides is 1. The number of hydrogen-bond acceptors (Lipinski definition) is 8. The van der Waals surface area contributed by atoms with E-state index in [1.807, 2.05) is 13.0 Å². The molecule has 2 N–H and O–H groups in total. The number of ether oxygens (including phenoxy) is 1. The van der Waals surface area contributed by atoms with Crippen molar-refractivity contribution < 1.29 is 18.3 Å². The minimum Gasteiger partial charge on any atom is -0.461 e. The molecule has 0 unspecified atom stereocenters. The summed E-state index contributed by atoms with van der Waals surface area (Å²) in [4.78, 5) is 31.8. The van der Waals surface area contributed by atoms with Crippen LogP contribution in [0.25, 0.3) is 33.1 Å². The number of nitrogens with zero attached hydrogens (tertiary/aromatic N) is 6. The SMILES string of the molecule is Cc1cc2[nH]ncc2c2c1CCCCC(=O)N[C@@H]1CN(C[C@@H]3C[C@@H]31)c1nc(OC[C@@]34CCCN3C[C@H](F)C4)nc3c(F)c-2ncc13. The smallest absolute Gasteiger partial charge is 0.319 e. The molecule has 3 saturated heterocycles. The van der Waals surface area contributed by atoms with Gasteiger partial charge in [-0.15, -0.1) is 0 Å². The topological polar surface area (TPSA) is 112 Å². The van der Waals surface area contributed by atoms with Crippen LogP contribution < -0.4 is 15.0 Å². The second kappa shape index (κ2) is 10.5. The third-order valence-electron chi connectivity index (χ3n) is 11.3. The molecular weight excluding hydrogens is 590 g/mol. The van der Waals surface area contributed by atoms with Gasteiger partial charge in [0.1, 0.15) is 29.8 Å². The summed E-state index contributed by atoms with van der Waals surface area (Å²) in [6.07, 6.45) is 8.47. The van der Waals surface area contributed by atoms with E-state index in [9.17, 15) is 9.18 Å². The molecule has 1 aromatic carbocycles. The number of carbonyl (C=O) groups is 1. The molecular formula is C34H38F2N8O2. The maximum absolute atomic E-state index is 17.1. The van der Waals surface area contributed by atoms with Crippen molar-refractivity contribution in [2.24, 2.45) is 11.8 Å². The first-order valence-electron chi connectivity index (χ1n) is 16.8. The van der Waals surface area contributed by atoms with E-state index >= 15 is 4.39 Å². The summed E-state index contributed by atoms with van der Waals surface area (Å²) in [5.74, 6) is 0.981. The van der Waals surface area contributed by atoms with E-state index in [0.717, 1.165) is 67.2 Å². The average molecular weight is 629 g/mol. The fraction of sp³-hybridized carbons (Fsp3) is 0.559. The van der Waals surface area contributed by atoms with Gasteiger partial charge in [-0.25, -0.2) is 8.78 Å². The highest BCUT2D eigenvalue weighted by molar-refractivity contribution is 5.99. The molecule has 5 atom stereocenters. The molecule has 1 saturated carbocycles. The molecule has 5 aliphatic heterocycles. The van der Waals surface area contributed by atoms with Gasteiger partial charge in [-0.1, -0.05) is 0 Å². The van der Waals surface area contributed by atoms with Gasteiger partial charge in [-0.3, -0.25) is 19.8 Å². The Labute approximate surface area is 265 Å². The van der Waals surface area contributed by atoms with Gasteiger partial charge in [0.2, 0.25) is 5.91 Å². The first kappa shape index (κ1) is 28.3. The van der Waals surface area contributed by atoms with Gasteiger partial charge in [0, 0.05) is 55.7 Å². The Hall–Kier alpha value is -3.93. The molecule has 4 fully saturated rings. The van der Waals surface area contributed by atoms with Crippen molar-refractivity contribution in [3.8, 4) is 17.3 Å². The number of piperidine rings is 1. The molecule has 10 rings (SSSR count). The number of amides is 1. The first-order chi connectivity index (χ1) is 22.4. The first-order valence-corrected chi connectivity index (χ1v) is 16.8. The van der Waals surface area contributed by atoms with E-state index in [-0.39, 0.29) is 35.8 Å². The van der Waals surface area contributed by atoms with Crippen molar-refractivity contribution >= 4 is 33.5 Å². The van der Waals surface area contributed by atoms with Crippen LogP contribution in [0.5, 0.6) is 6.01 Å². The Morgan fingerprint density at radius 1 is 1.11 bits per heavy atom. The molecule has 6 aliphatic rings. The number of anilines is 1. The lowest BCUT2D eigenvalue weighted by Gasteiger charge is -2.34. The largest absolute Gasteiger partial charge is 0.461 e. The van der Waals surface area contributed by atoms with Gasteiger partial charge in [-0.2, -0.15) is 15.1 Å². The monoisotopic (exact) mass is 628 g/mol. The number of benzene rings is 1. The van der Waals surface area contributed by atoms with Crippen molar-refractivity contribution in [3.63, 3.8) is 0 Å². The summed E-state index contributed by atoms with van der Waals surface area (Å²) < 4.78 is 37.9. The molecule has 8 heterocycles. The lowest BCUT2D eigenvalue weighted by molar-refractivity contribution is -0.122. The van der Waals surface area contributed by atoms with Crippen molar-refractivity contribution in [3.05, 3.63) is 35.4 Å². The zero-order valence-electron chi connectivity index (χ0n) is 26.0. The zero-order valence-corrected chi connectivity index (χ0v) is 26.0. The third-order valence-corrected chi connectivity index (χ3v) is 11.3. The van der Waals surface area contributed by atoms with E-state index in [2.05, 4.69) is 25.3 Å². The van der Waals surface area contributed by atoms with E-state index < -0.39 is 17.5 Å². The molecule has 6 bridgehead atoms. The lowest BCUT2D eigenvalue weighted by Crippen LogP contribution is -2.49. The Morgan fingerprint density at radius 3 is 2.91 bits per heavy atom. The number of carbonyl (C=O) groups excluding carboxylic acids is 1. The van der Waals surface area contributed by atoms with Crippen LogP contribution in [0.15, 0.2) is 18.5 Å². The highest BCUT2D eigenvalue weighted by atomic mass is 19.1. The van der Waals surface area contributed by atoms with Crippen molar-refractivity contribution in [2.75, 3.05) is 37.7 Å². The Balaban J connectivity index is 1.21. The highest BCUT2D eigenvalue weighted by Crippen LogP contribution is 2.47. The minimum absolute atomic E-state index is 0.00567. The number of pyridine rings is 1. The predicted octanol–water partition coefficient (Wildman–Crippen LogP) is 4.64. The minimum atomic E-state index is -0.884. The maximum Gasteiger partial charge on any atom is 0.319 e. The summed E-state index contributed by atoms with van der Waals surface area (Å²) in [6, 6.07) is 2.11. The second-order valence-corrected chi connectivity index (χ2v) is 14.2. The number of hydrogen-bond donors (Lipinski definition) is 2. The van der Waals surface area contributed by atoms with Crippen molar-refractivity contribution in [2.45, 2.75) is 76.0 Å². The normalized spacial score (nSPS) is 29.3.